The van der Waals surface area contributed by atoms with Gasteiger partial charge in [0.15, 0.2) is 0 Å². The van der Waals surface area contributed by atoms with Crippen LogP contribution in [0.15, 0.2) is 133 Å². The standard InChI is InChI=1S/C39H24/c1-2-9-32-24(5-1)6-4-10-33(32)28-15-18-35-30(21-28)23-31-22-29(16-19-36(31)35)34-17-13-27-12-11-25-7-3-8-26-14-20-37(34)39(27)38(25)26/h1-22H,23H2. The molecular weight excluding hydrogens is 468 g/mol. The summed E-state index contributed by atoms with van der Waals surface area (Å²) < 4.78 is 0. The second-order valence-corrected chi connectivity index (χ2v) is 10.9. The number of hydrogen-bond acceptors (Lipinski definition) is 0. The van der Waals surface area contributed by atoms with E-state index in [9.17, 15) is 0 Å². The predicted octanol–water partition coefficient (Wildman–Crippen LogP) is 10.6. The van der Waals surface area contributed by atoms with Crippen LogP contribution in [0.25, 0.3) is 76.5 Å². The van der Waals surface area contributed by atoms with E-state index >= 15 is 0 Å². The van der Waals surface area contributed by atoms with E-state index in [1.807, 2.05) is 0 Å². The highest BCUT2D eigenvalue weighted by Gasteiger charge is 2.21. The lowest BCUT2D eigenvalue weighted by atomic mass is 9.89. The molecule has 9 rings (SSSR count). The molecular formula is C39H24. The zero-order chi connectivity index (χ0) is 25.5. The topological polar surface area (TPSA) is 0 Å². The van der Waals surface area contributed by atoms with Gasteiger partial charge in [0.25, 0.3) is 0 Å². The van der Waals surface area contributed by atoms with Crippen molar-refractivity contribution in [3.8, 4) is 33.4 Å². The Kier molecular flexibility index (Phi) is 4.20. The summed E-state index contributed by atoms with van der Waals surface area (Å²) in [6.07, 6.45) is 0.975. The Morgan fingerprint density at radius 2 is 0.872 bits per heavy atom. The Hall–Kier alpha value is -4.94. The van der Waals surface area contributed by atoms with Gasteiger partial charge < -0.3 is 0 Å². The van der Waals surface area contributed by atoms with Gasteiger partial charge in [0, 0.05) is 0 Å². The Morgan fingerprint density at radius 3 is 1.64 bits per heavy atom. The molecule has 0 amide bonds. The average Bonchev–Trinajstić information content (AvgIpc) is 3.36. The quantitative estimate of drug-likeness (QED) is 0.211. The van der Waals surface area contributed by atoms with Crippen molar-refractivity contribution in [1.82, 2.24) is 0 Å². The largest absolute Gasteiger partial charge is 0.0616 e. The van der Waals surface area contributed by atoms with Gasteiger partial charge in [-0.25, -0.2) is 0 Å². The highest BCUT2D eigenvalue weighted by atomic mass is 14.2. The normalized spacial score (nSPS) is 12.5. The second-order valence-electron chi connectivity index (χ2n) is 10.9. The molecule has 0 bridgehead atoms. The first kappa shape index (κ1) is 21.0. The Balaban J connectivity index is 1.16. The molecule has 0 spiro atoms. The summed E-state index contributed by atoms with van der Waals surface area (Å²) in [7, 11) is 0. The molecule has 0 saturated heterocycles. The second kappa shape index (κ2) is 7.79. The van der Waals surface area contributed by atoms with Crippen LogP contribution in [0.2, 0.25) is 0 Å². The van der Waals surface area contributed by atoms with Crippen molar-refractivity contribution >= 4 is 43.1 Å². The van der Waals surface area contributed by atoms with Crippen molar-refractivity contribution in [3.63, 3.8) is 0 Å². The highest BCUT2D eigenvalue weighted by molar-refractivity contribution is 6.25. The maximum Gasteiger partial charge on any atom is -0.00130 e. The molecule has 0 N–H and O–H groups in total. The molecule has 180 valence electrons. The van der Waals surface area contributed by atoms with E-state index in [1.165, 1.54) is 87.6 Å². The first-order valence-corrected chi connectivity index (χ1v) is 13.7. The van der Waals surface area contributed by atoms with E-state index in [4.69, 9.17) is 0 Å². The summed E-state index contributed by atoms with van der Waals surface area (Å²) in [6.45, 7) is 0. The molecule has 39 heavy (non-hydrogen) atoms. The Labute approximate surface area is 227 Å². The zero-order valence-electron chi connectivity index (χ0n) is 21.4. The highest BCUT2D eigenvalue weighted by Crippen LogP contribution is 2.43. The molecule has 0 aliphatic heterocycles. The number of fused-ring (bicyclic) bond motifs is 4. The number of rotatable bonds is 2. The predicted molar refractivity (Wildman–Crippen MR) is 167 cm³/mol. The fourth-order valence-electron chi connectivity index (χ4n) is 7.01. The molecule has 0 atom stereocenters. The molecule has 0 unspecified atom stereocenters. The van der Waals surface area contributed by atoms with E-state index in [0.717, 1.165) is 6.42 Å². The maximum absolute atomic E-state index is 2.43. The summed E-state index contributed by atoms with van der Waals surface area (Å²) >= 11 is 0. The first-order valence-electron chi connectivity index (χ1n) is 13.7. The zero-order valence-corrected chi connectivity index (χ0v) is 21.4. The molecule has 1 aliphatic rings. The van der Waals surface area contributed by atoms with Gasteiger partial charge in [-0.1, -0.05) is 133 Å². The summed E-state index contributed by atoms with van der Waals surface area (Å²) in [5.41, 5.74) is 10.8. The average molecular weight is 493 g/mol. The Bertz CT molecular complexity index is 2230. The SMILES string of the molecule is c1ccc2c(-c3ccc4c(c3)Cc3cc(-c5ccc6ccc7cccc8ccc5c6c78)ccc3-4)cccc2c1. The third-order valence-electron chi connectivity index (χ3n) is 8.82. The van der Waals surface area contributed by atoms with Gasteiger partial charge in [0.1, 0.15) is 0 Å². The van der Waals surface area contributed by atoms with Crippen molar-refractivity contribution in [2.45, 2.75) is 6.42 Å². The molecule has 0 radical (unpaired) electrons. The van der Waals surface area contributed by atoms with E-state index in [1.54, 1.807) is 0 Å². The van der Waals surface area contributed by atoms with E-state index in [2.05, 4.69) is 133 Å². The molecule has 0 heteroatoms. The third-order valence-corrected chi connectivity index (χ3v) is 8.82. The van der Waals surface area contributed by atoms with Gasteiger partial charge in [-0.3, -0.25) is 0 Å². The Morgan fingerprint density at radius 1 is 0.333 bits per heavy atom. The van der Waals surface area contributed by atoms with Crippen LogP contribution in [-0.4, -0.2) is 0 Å². The van der Waals surface area contributed by atoms with E-state index < -0.39 is 0 Å². The third kappa shape index (κ3) is 3.00. The minimum Gasteiger partial charge on any atom is -0.0616 e. The molecule has 0 fully saturated rings. The van der Waals surface area contributed by atoms with Gasteiger partial charge in [0.05, 0.1) is 0 Å². The lowest BCUT2D eigenvalue weighted by molar-refractivity contribution is 1.26. The van der Waals surface area contributed by atoms with Gasteiger partial charge in [-0.05, 0) is 94.0 Å². The fourth-order valence-corrected chi connectivity index (χ4v) is 7.01. The molecule has 0 saturated carbocycles. The van der Waals surface area contributed by atoms with Crippen molar-refractivity contribution in [3.05, 3.63) is 145 Å². The van der Waals surface area contributed by atoms with Gasteiger partial charge in [0.2, 0.25) is 0 Å². The van der Waals surface area contributed by atoms with Crippen LogP contribution >= 0.6 is 0 Å². The van der Waals surface area contributed by atoms with Gasteiger partial charge >= 0.3 is 0 Å². The molecule has 0 heterocycles. The summed E-state index contributed by atoms with van der Waals surface area (Å²) in [5.74, 6) is 0. The van der Waals surface area contributed by atoms with E-state index in [0.29, 0.717) is 0 Å². The van der Waals surface area contributed by atoms with Crippen LogP contribution in [0, 0.1) is 0 Å². The fraction of sp³-hybridized carbons (Fsp3) is 0.0256. The minimum atomic E-state index is 0.975. The van der Waals surface area contributed by atoms with Gasteiger partial charge in [-0.15, -0.1) is 0 Å². The van der Waals surface area contributed by atoms with Crippen LogP contribution in [0.1, 0.15) is 11.1 Å². The van der Waals surface area contributed by atoms with Crippen LogP contribution in [0.3, 0.4) is 0 Å². The smallest absolute Gasteiger partial charge is 0.00130 e. The van der Waals surface area contributed by atoms with Crippen molar-refractivity contribution in [2.75, 3.05) is 0 Å². The van der Waals surface area contributed by atoms with Crippen molar-refractivity contribution in [2.24, 2.45) is 0 Å². The number of hydrogen-bond donors (Lipinski definition) is 0. The first-order chi connectivity index (χ1) is 19.3. The minimum absolute atomic E-state index is 0.975. The summed E-state index contributed by atoms with van der Waals surface area (Å²) in [6, 6.07) is 49.8. The van der Waals surface area contributed by atoms with Crippen molar-refractivity contribution < 1.29 is 0 Å². The van der Waals surface area contributed by atoms with Crippen LogP contribution in [0.5, 0.6) is 0 Å². The van der Waals surface area contributed by atoms with Crippen molar-refractivity contribution in [1.29, 1.82) is 0 Å². The summed E-state index contributed by atoms with van der Waals surface area (Å²) in [4.78, 5) is 0. The monoisotopic (exact) mass is 492 g/mol. The van der Waals surface area contributed by atoms with Gasteiger partial charge in [-0.2, -0.15) is 0 Å². The van der Waals surface area contributed by atoms with E-state index in [-0.39, 0.29) is 0 Å². The molecule has 8 aromatic rings. The lowest BCUT2D eigenvalue weighted by Crippen LogP contribution is -1.88. The molecule has 0 aromatic heterocycles. The lowest BCUT2D eigenvalue weighted by Gasteiger charge is -2.14. The summed E-state index contributed by atoms with van der Waals surface area (Å²) in [5, 5.41) is 10.6. The number of benzene rings is 8. The van der Waals surface area contributed by atoms with Crippen LogP contribution in [-0.2, 0) is 6.42 Å². The molecule has 8 aromatic carbocycles. The van der Waals surface area contributed by atoms with Crippen LogP contribution in [0.4, 0.5) is 0 Å². The van der Waals surface area contributed by atoms with Crippen LogP contribution < -0.4 is 0 Å². The molecule has 1 aliphatic carbocycles. The maximum atomic E-state index is 2.43. The molecule has 0 nitrogen and oxygen atoms in total.